The molecule has 0 aliphatic carbocycles. The molecule has 1 aliphatic heterocycles. The zero-order valence-corrected chi connectivity index (χ0v) is 9.41. The number of nitriles is 1. The molecular weight excluding hydrogens is 203 g/mol. The van der Waals surface area contributed by atoms with Crippen LogP contribution in [-0.4, -0.2) is 18.0 Å². The number of rotatable bonds is 2. The fourth-order valence-electron chi connectivity index (χ4n) is 2.35. The van der Waals surface area contributed by atoms with Crippen molar-refractivity contribution >= 4 is 0 Å². The summed E-state index contributed by atoms with van der Waals surface area (Å²) < 4.78 is 13.1. The highest BCUT2D eigenvalue weighted by Crippen LogP contribution is 2.29. The summed E-state index contributed by atoms with van der Waals surface area (Å²) in [7, 11) is 0. The molecular formula is C13H15FN2. The van der Waals surface area contributed by atoms with Gasteiger partial charge in [-0.3, -0.25) is 4.90 Å². The second-order valence-corrected chi connectivity index (χ2v) is 4.21. The quantitative estimate of drug-likeness (QED) is 0.763. The monoisotopic (exact) mass is 218 g/mol. The first kappa shape index (κ1) is 11.1. The summed E-state index contributed by atoms with van der Waals surface area (Å²) in [4.78, 5) is 2.28. The number of hydrogen-bond acceptors (Lipinski definition) is 2. The van der Waals surface area contributed by atoms with Crippen LogP contribution in [0, 0.1) is 17.1 Å². The van der Waals surface area contributed by atoms with Crippen molar-refractivity contribution in [2.45, 2.75) is 25.8 Å². The normalized spacial score (nSPS) is 20.2. The van der Waals surface area contributed by atoms with E-state index >= 15 is 0 Å². The second-order valence-electron chi connectivity index (χ2n) is 4.21. The second kappa shape index (κ2) is 4.63. The minimum absolute atomic E-state index is 0.156. The molecule has 0 saturated carbocycles. The molecule has 1 aliphatic rings. The molecule has 1 heterocycles. The van der Waals surface area contributed by atoms with Crippen molar-refractivity contribution in [3.63, 3.8) is 0 Å². The molecule has 84 valence electrons. The van der Waals surface area contributed by atoms with Gasteiger partial charge in [-0.05, 0) is 36.6 Å². The van der Waals surface area contributed by atoms with Gasteiger partial charge in [0.25, 0.3) is 0 Å². The molecule has 1 aromatic carbocycles. The molecule has 0 fully saturated rings. The molecule has 1 atom stereocenters. The lowest BCUT2D eigenvalue weighted by atomic mass is 9.93. The number of hydrogen-bond donors (Lipinski definition) is 0. The first-order chi connectivity index (χ1) is 7.72. The average Bonchev–Trinajstić information content (AvgIpc) is 2.28. The highest BCUT2D eigenvalue weighted by atomic mass is 19.1. The van der Waals surface area contributed by atoms with Crippen LogP contribution in [0.15, 0.2) is 18.2 Å². The minimum atomic E-state index is -0.156. The molecule has 0 amide bonds. The average molecular weight is 218 g/mol. The van der Waals surface area contributed by atoms with E-state index < -0.39 is 0 Å². The van der Waals surface area contributed by atoms with Gasteiger partial charge in [0.1, 0.15) is 5.82 Å². The van der Waals surface area contributed by atoms with Gasteiger partial charge in [0.05, 0.1) is 6.07 Å². The van der Waals surface area contributed by atoms with E-state index in [4.69, 9.17) is 5.26 Å². The Kier molecular flexibility index (Phi) is 3.21. The standard InChI is InChI=1S/C13H15FN2/c1-10-13-4-3-12(14)9-11(13)5-8-16(10)7-2-6-15/h3-4,9-10H,2,5,7-8H2,1H3. The minimum Gasteiger partial charge on any atom is -0.295 e. The molecule has 0 bridgehead atoms. The van der Waals surface area contributed by atoms with Crippen molar-refractivity contribution in [3.8, 4) is 6.07 Å². The van der Waals surface area contributed by atoms with Crippen LogP contribution in [0.25, 0.3) is 0 Å². The summed E-state index contributed by atoms with van der Waals surface area (Å²) in [5, 5.41) is 8.59. The molecule has 2 rings (SSSR count). The van der Waals surface area contributed by atoms with E-state index in [2.05, 4.69) is 17.9 Å². The van der Waals surface area contributed by atoms with Gasteiger partial charge in [-0.2, -0.15) is 5.26 Å². The summed E-state index contributed by atoms with van der Waals surface area (Å²) >= 11 is 0. The van der Waals surface area contributed by atoms with Gasteiger partial charge < -0.3 is 0 Å². The molecule has 0 saturated heterocycles. The van der Waals surface area contributed by atoms with Crippen molar-refractivity contribution in [3.05, 3.63) is 35.1 Å². The van der Waals surface area contributed by atoms with Crippen LogP contribution in [0.3, 0.4) is 0 Å². The van der Waals surface area contributed by atoms with Gasteiger partial charge in [0.15, 0.2) is 0 Å². The smallest absolute Gasteiger partial charge is 0.123 e. The predicted molar refractivity (Wildman–Crippen MR) is 60.3 cm³/mol. The Balaban J connectivity index is 2.19. The SMILES string of the molecule is CC1c2ccc(F)cc2CCN1CCC#N. The van der Waals surface area contributed by atoms with Gasteiger partial charge in [-0.1, -0.05) is 6.07 Å². The Labute approximate surface area is 95.3 Å². The van der Waals surface area contributed by atoms with Gasteiger partial charge >= 0.3 is 0 Å². The fraction of sp³-hybridized carbons (Fsp3) is 0.462. The lowest BCUT2D eigenvalue weighted by Gasteiger charge is -2.34. The maximum atomic E-state index is 13.1. The summed E-state index contributed by atoms with van der Waals surface area (Å²) in [5.41, 5.74) is 2.31. The maximum absolute atomic E-state index is 13.1. The van der Waals surface area contributed by atoms with Gasteiger partial charge in [0.2, 0.25) is 0 Å². The van der Waals surface area contributed by atoms with E-state index in [-0.39, 0.29) is 11.9 Å². The van der Waals surface area contributed by atoms with Crippen LogP contribution in [-0.2, 0) is 6.42 Å². The molecule has 0 N–H and O–H groups in total. The Bertz CT molecular complexity index is 422. The number of fused-ring (bicyclic) bond motifs is 1. The topological polar surface area (TPSA) is 27.0 Å². The van der Waals surface area contributed by atoms with Crippen molar-refractivity contribution in [1.29, 1.82) is 5.26 Å². The predicted octanol–water partition coefficient (Wildman–Crippen LogP) is 2.66. The van der Waals surface area contributed by atoms with Crippen LogP contribution in [0.5, 0.6) is 0 Å². The molecule has 1 unspecified atom stereocenters. The molecule has 0 aromatic heterocycles. The van der Waals surface area contributed by atoms with E-state index in [0.717, 1.165) is 25.1 Å². The number of benzene rings is 1. The fourth-order valence-corrected chi connectivity index (χ4v) is 2.35. The van der Waals surface area contributed by atoms with Crippen LogP contribution >= 0.6 is 0 Å². The third kappa shape index (κ3) is 2.07. The number of halogens is 1. The van der Waals surface area contributed by atoms with E-state index in [1.165, 1.54) is 11.6 Å². The van der Waals surface area contributed by atoms with E-state index in [0.29, 0.717) is 6.42 Å². The summed E-state index contributed by atoms with van der Waals surface area (Å²) in [5.74, 6) is -0.156. The molecule has 16 heavy (non-hydrogen) atoms. The third-order valence-electron chi connectivity index (χ3n) is 3.28. The van der Waals surface area contributed by atoms with Crippen molar-refractivity contribution in [2.24, 2.45) is 0 Å². The highest BCUT2D eigenvalue weighted by molar-refractivity contribution is 5.32. The van der Waals surface area contributed by atoms with Gasteiger partial charge in [-0.25, -0.2) is 4.39 Å². The van der Waals surface area contributed by atoms with Crippen LogP contribution in [0.2, 0.25) is 0 Å². The van der Waals surface area contributed by atoms with E-state index in [1.807, 2.05) is 6.07 Å². The summed E-state index contributed by atoms with van der Waals surface area (Å²) in [6.07, 6.45) is 1.43. The lowest BCUT2D eigenvalue weighted by Crippen LogP contribution is -2.34. The van der Waals surface area contributed by atoms with E-state index in [9.17, 15) is 4.39 Å². The van der Waals surface area contributed by atoms with Gasteiger partial charge in [-0.15, -0.1) is 0 Å². The van der Waals surface area contributed by atoms with E-state index in [1.54, 1.807) is 6.07 Å². The zero-order valence-electron chi connectivity index (χ0n) is 9.41. The number of nitrogens with zero attached hydrogens (tertiary/aromatic N) is 2. The summed E-state index contributed by atoms with van der Waals surface area (Å²) in [6, 6.07) is 7.47. The van der Waals surface area contributed by atoms with Crippen LogP contribution in [0.1, 0.15) is 30.5 Å². The summed E-state index contributed by atoms with van der Waals surface area (Å²) in [6.45, 7) is 3.83. The van der Waals surface area contributed by atoms with Crippen molar-refractivity contribution in [2.75, 3.05) is 13.1 Å². The zero-order chi connectivity index (χ0) is 11.5. The molecule has 1 aromatic rings. The molecule has 0 radical (unpaired) electrons. The molecule has 2 nitrogen and oxygen atoms in total. The Morgan fingerprint density at radius 2 is 2.38 bits per heavy atom. The Morgan fingerprint density at radius 1 is 1.56 bits per heavy atom. The van der Waals surface area contributed by atoms with Crippen LogP contribution < -0.4 is 0 Å². The first-order valence-corrected chi connectivity index (χ1v) is 5.61. The Morgan fingerprint density at radius 3 is 3.12 bits per heavy atom. The molecule has 3 heteroatoms. The highest BCUT2D eigenvalue weighted by Gasteiger charge is 2.23. The third-order valence-corrected chi connectivity index (χ3v) is 3.28. The lowest BCUT2D eigenvalue weighted by molar-refractivity contribution is 0.203. The Hall–Kier alpha value is -1.40. The first-order valence-electron chi connectivity index (χ1n) is 5.61. The van der Waals surface area contributed by atoms with Gasteiger partial charge in [0, 0.05) is 25.6 Å². The van der Waals surface area contributed by atoms with Crippen LogP contribution in [0.4, 0.5) is 4.39 Å². The largest absolute Gasteiger partial charge is 0.295 e. The maximum Gasteiger partial charge on any atom is 0.123 e. The van der Waals surface area contributed by atoms with Crippen molar-refractivity contribution in [1.82, 2.24) is 4.90 Å². The molecule has 0 spiro atoms. The van der Waals surface area contributed by atoms with Crippen molar-refractivity contribution < 1.29 is 4.39 Å².